The van der Waals surface area contributed by atoms with Crippen LogP contribution in [0.25, 0.3) is 0 Å². The average Bonchev–Trinajstić information content (AvgIpc) is 2.77. The van der Waals surface area contributed by atoms with Gasteiger partial charge in [-0.05, 0) is 56.9 Å². The molecule has 30 heavy (non-hydrogen) atoms. The van der Waals surface area contributed by atoms with Crippen molar-refractivity contribution in [2.75, 3.05) is 59.0 Å². The summed E-state index contributed by atoms with van der Waals surface area (Å²) < 4.78 is 5.42. The van der Waals surface area contributed by atoms with Crippen molar-refractivity contribution in [3.05, 3.63) is 35.4 Å². The van der Waals surface area contributed by atoms with Crippen molar-refractivity contribution in [2.24, 2.45) is 4.99 Å². The van der Waals surface area contributed by atoms with Gasteiger partial charge in [-0.15, -0.1) is 24.0 Å². The summed E-state index contributed by atoms with van der Waals surface area (Å²) in [5.74, 6) is 0.919. The first-order valence-corrected chi connectivity index (χ1v) is 11.5. The van der Waals surface area contributed by atoms with Gasteiger partial charge in [-0.1, -0.05) is 30.7 Å². The molecular formula is C23H40IN5O. The van der Waals surface area contributed by atoms with Crippen LogP contribution in [0.4, 0.5) is 0 Å². The normalized spacial score (nSPS) is 18.6. The Kier molecular flexibility index (Phi) is 12.7. The lowest BCUT2D eigenvalue weighted by Crippen LogP contribution is -2.40. The minimum atomic E-state index is 0. The summed E-state index contributed by atoms with van der Waals surface area (Å²) in [4.78, 5) is 9.93. The summed E-state index contributed by atoms with van der Waals surface area (Å²) in [5.41, 5.74) is 2.75. The van der Waals surface area contributed by atoms with E-state index in [9.17, 15) is 0 Å². The van der Waals surface area contributed by atoms with Crippen molar-refractivity contribution in [1.29, 1.82) is 0 Å². The molecule has 2 saturated heterocycles. The van der Waals surface area contributed by atoms with E-state index >= 15 is 0 Å². The Morgan fingerprint density at radius 2 is 1.70 bits per heavy atom. The van der Waals surface area contributed by atoms with Gasteiger partial charge in [0.25, 0.3) is 0 Å². The predicted octanol–water partition coefficient (Wildman–Crippen LogP) is 3.07. The molecule has 0 bridgehead atoms. The third-order valence-corrected chi connectivity index (χ3v) is 5.76. The van der Waals surface area contributed by atoms with Crippen LogP contribution in [0.3, 0.4) is 0 Å². The first-order valence-electron chi connectivity index (χ1n) is 11.5. The number of ether oxygens (including phenoxy) is 1. The maximum Gasteiger partial charge on any atom is 0.191 e. The van der Waals surface area contributed by atoms with Crippen LogP contribution in [0.1, 0.15) is 43.7 Å². The van der Waals surface area contributed by atoms with Crippen molar-refractivity contribution >= 4 is 29.9 Å². The number of morpholine rings is 1. The lowest BCUT2D eigenvalue weighted by molar-refractivity contribution is 0.0376. The molecule has 170 valence electrons. The smallest absolute Gasteiger partial charge is 0.191 e. The van der Waals surface area contributed by atoms with E-state index in [1.165, 1.54) is 43.5 Å². The standard InChI is InChI=1S/C23H39N5O.HI/c1-2-24-23(25-11-8-14-27-15-17-29-18-16-27)26-19-21-9-4-5-10-22(21)20-28-12-6-3-7-13-28;/h4-5,9-10H,2-3,6-8,11-20H2,1H3,(H2,24,25,26);1H. The molecule has 2 aliphatic rings. The molecule has 6 nitrogen and oxygen atoms in total. The molecule has 7 heteroatoms. The summed E-state index contributed by atoms with van der Waals surface area (Å²) in [6.07, 6.45) is 5.17. The molecule has 0 radical (unpaired) electrons. The highest BCUT2D eigenvalue weighted by atomic mass is 127. The van der Waals surface area contributed by atoms with Crippen molar-refractivity contribution in [2.45, 2.75) is 45.7 Å². The van der Waals surface area contributed by atoms with Crippen molar-refractivity contribution in [1.82, 2.24) is 20.4 Å². The second-order valence-electron chi connectivity index (χ2n) is 8.04. The molecular weight excluding hydrogens is 489 g/mol. The number of piperidine rings is 1. The number of aliphatic imine (C=N–C) groups is 1. The van der Waals surface area contributed by atoms with E-state index in [0.717, 1.165) is 71.4 Å². The SMILES string of the molecule is CCNC(=NCc1ccccc1CN1CCCCC1)NCCCN1CCOCC1.I. The molecule has 0 unspecified atom stereocenters. The molecule has 1 aromatic rings. The number of guanidine groups is 1. The Morgan fingerprint density at radius 3 is 2.43 bits per heavy atom. The number of nitrogens with zero attached hydrogens (tertiary/aromatic N) is 3. The van der Waals surface area contributed by atoms with Gasteiger partial charge in [0.15, 0.2) is 5.96 Å². The number of hydrogen-bond acceptors (Lipinski definition) is 4. The maximum atomic E-state index is 5.42. The zero-order valence-corrected chi connectivity index (χ0v) is 20.9. The maximum absolute atomic E-state index is 5.42. The van der Waals surface area contributed by atoms with Gasteiger partial charge in [0.1, 0.15) is 0 Å². The molecule has 3 rings (SSSR count). The van der Waals surface area contributed by atoms with Crippen LogP contribution in [0, 0.1) is 0 Å². The van der Waals surface area contributed by atoms with E-state index in [-0.39, 0.29) is 24.0 Å². The molecule has 1 aromatic carbocycles. The fourth-order valence-corrected chi connectivity index (χ4v) is 4.06. The minimum Gasteiger partial charge on any atom is -0.379 e. The van der Waals surface area contributed by atoms with Gasteiger partial charge in [-0.3, -0.25) is 9.80 Å². The van der Waals surface area contributed by atoms with Gasteiger partial charge in [0.2, 0.25) is 0 Å². The third-order valence-electron chi connectivity index (χ3n) is 5.76. The van der Waals surface area contributed by atoms with Crippen LogP contribution in [0.2, 0.25) is 0 Å². The minimum absolute atomic E-state index is 0. The first-order chi connectivity index (χ1) is 14.3. The molecule has 2 heterocycles. The van der Waals surface area contributed by atoms with Crippen LogP contribution in [-0.2, 0) is 17.8 Å². The number of likely N-dealkylation sites (tertiary alicyclic amines) is 1. The molecule has 0 amide bonds. The third kappa shape index (κ3) is 9.08. The largest absolute Gasteiger partial charge is 0.379 e. The second kappa shape index (κ2) is 15.0. The highest BCUT2D eigenvalue weighted by Gasteiger charge is 2.12. The van der Waals surface area contributed by atoms with E-state index in [0.29, 0.717) is 0 Å². The lowest BCUT2D eigenvalue weighted by Gasteiger charge is -2.27. The Balaban J connectivity index is 0.00000320. The lowest BCUT2D eigenvalue weighted by atomic mass is 10.1. The average molecular weight is 530 g/mol. The Morgan fingerprint density at radius 1 is 0.967 bits per heavy atom. The number of benzene rings is 1. The van der Waals surface area contributed by atoms with Gasteiger partial charge in [0.05, 0.1) is 19.8 Å². The quantitative estimate of drug-likeness (QED) is 0.223. The molecule has 2 fully saturated rings. The van der Waals surface area contributed by atoms with Crippen LogP contribution in [0.5, 0.6) is 0 Å². The Labute approximate surface area is 199 Å². The van der Waals surface area contributed by atoms with Gasteiger partial charge in [0, 0.05) is 32.7 Å². The van der Waals surface area contributed by atoms with Crippen molar-refractivity contribution in [3.63, 3.8) is 0 Å². The predicted molar refractivity (Wildman–Crippen MR) is 136 cm³/mol. The van der Waals surface area contributed by atoms with E-state index in [4.69, 9.17) is 9.73 Å². The molecule has 0 spiro atoms. The van der Waals surface area contributed by atoms with E-state index in [1.807, 2.05) is 0 Å². The second-order valence-corrected chi connectivity index (χ2v) is 8.04. The van der Waals surface area contributed by atoms with Gasteiger partial charge >= 0.3 is 0 Å². The summed E-state index contributed by atoms with van der Waals surface area (Å²) in [7, 11) is 0. The van der Waals surface area contributed by atoms with Gasteiger partial charge in [-0.25, -0.2) is 4.99 Å². The fraction of sp³-hybridized carbons (Fsp3) is 0.696. The summed E-state index contributed by atoms with van der Waals surface area (Å²) in [5, 5.41) is 6.89. The molecule has 0 atom stereocenters. The van der Waals surface area contributed by atoms with Gasteiger partial charge < -0.3 is 15.4 Å². The highest BCUT2D eigenvalue weighted by Crippen LogP contribution is 2.16. The summed E-state index contributed by atoms with van der Waals surface area (Å²) in [6.45, 7) is 13.1. The molecule has 2 aliphatic heterocycles. The van der Waals surface area contributed by atoms with Crippen LogP contribution >= 0.6 is 24.0 Å². The summed E-state index contributed by atoms with van der Waals surface area (Å²) in [6, 6.07) is 8.78. The molecule has 2 N–H and O–H groups in total. The molecule has 0 saturated carbocycles. The molecule has 0 aromatic heterocycles. The first kappa shape index (κ1) is 25.4. The topological polar surface area (TPSA) is 52.1 Å². The van der Waals surface area contributed by atoms with Crippen molar-refractivity contribution in [3.8, 4) is 0 Å². The van der Waals surface area contributed by atoms with Crippen LogP contribution in [-0.4, -0.2) is 74.8 Å². The molecule has 0 aliphatic carbocycles. The Hall–Kier alpha value is -0.900. The van der Waals surface area contributed by atoms with E-state index in [1.54, 1.807) is 0 Å². The van der Waals surface area contributed by atoms with Crippen LogP contribution < -0.4 is 10.6 Å². The zero-order chi connectivity index (χ0) is 20.2. The number of hydrogen-bond donors (Lipinski definition) is 2. The van der Waals surface area contributed by atoms with Crippen molar-refractivity contribution < 1.29 is 4.74 Å². The summed E-state index contributed by atoms with van der Waals surface area (Å²) >= 11 is 0. The number of nitrogens with one attached hydrogen (secondary N) is 2. The monoisotopic (exact) mass is 529 g/mol. The fourth-order valence-electron chi connectivity index (χ4n) is 4.06. The highest BCUT2D eigenvalue weighted by molar-refractivity contribution is 14.0. The number of rotatable bonds is 9. The zero-order valence-electron chi connectivity index (χ0n) is 18.6. The number of halogens is 1. The van der Waals surface area contributed by atoms with Gasteiger partial charge in [-0.2, -0.15) is 0 Å². The van der Waals surface area contributed by atoms with E-state index < -0.39 is 0 Å². The Bertz CT molecular complexity index is 615. The van der Waals surface area contributed by atoms with Crippen LogP contribution in [0.15, 0.2) is 29.3 Å². The van der Waals surface area contributed by atoms with E-state index in [2.05, 4.69) is 51.6 Å².